The van der Waals surface area contributed by atoms with Crippen molar-refractivity contribution in [1.82, 2.24) is 14.9 Å². The zero-order chi connectivity index (χ0) is 18.4. The summed E-state index contributed by atoms with van der Waals surface area (Å²) in [6.07, 6.45) is 5.64. The first kappa shape index (κ1) is 18.1. The van der Waals surface area contributed by atoms with Gasteiger partial charge in [-0.1, -0.05) is 26.0 Å². The van der Waals surface area contributed by atoms with Gasteiger partial charge >= 0.3 is 0 Å². The first-order chi connectivity index (χ1) is 12.7. The van der Waals surface area contributed by atoms with Gasteiger partial charge in [0.25, 0.3) is 0 Å². The smallest absolute Gasteiger partial charge is 0.219 e. The highest BCUT2D eigenvalue weighted by Gasteiger charge is 2.10. The Morgan fingerprint density at radius 1 is 1.19 bits per heavy atom. The van der Waals surface area contributed by atoms with Crippen LogP contribution in [0.5, 0.6) is 0 Å². The third-order valence-corrected chi connectivity index (χ3v) is 4.22. The molecule has 1 aromatic carbocycles. The summed E-state index contributed by atoms with van der Waals surface area (Å²) < 4.78 is 7.36. The van der Waals surface area contributed by atoms with Gasteiger partial charge in [-0.05, 0) is 54.9 Å². The first-order valence-corrected chi connectivity index (χ1v) is 9.24. The van der Waals surface area contributed by atoms with E-state index in [1.807, 2.05) is 6.07 Å². The molecule has 2 heterocycles. The van der Waals surface area contributed by atoms with Crippen LogP contribution in [0.15, 0.2) is 52.2 Å². The SMILES string of the molecule is CCCN(CCC)c1ccc(/C=N\n2c(-c3ccco3)n[nH]c2=S)cc1. The van der Waals surface area contributed by atoms with Gasteiger partial charge in [0.15, 0.2) is 5.76 Å². The maximum atomic E-state index is 5.38. The molecule has 0 atom stereocenters. The Morgan fingerprint density at radius 2 is 1.92 bits per heavy atom. The molecule has 0 aliphatic carbocycles. The van der Waals surface area contributed by atoms with Gasteiger partial charge in [-0.3, -0.25) is 0 Å². The van der Waals surface area contributed by atoms with Crippen LogP contribution in [0.25, 0.3) is 11.6 Å². The average molecular weight is 369 g/mol. The lowest BCUT2D eigenvalue weighted by Gasteiger charge is -2.23. The van der Waals surface area contributed by atoms with E-state index in [1.54, 1.807) is 23.2 Å². The highest BCUT2D eigenvalue weighted by atomic mass is 32.1. The molecule has 0 fully saturated rings. The van der Waals surface area contributed by atoms with Crippen molar-refractivity contribution >= 4 is 24.1 Å². The highest BCUT2D eigenvalue weighted by molar-refractivity contribution is 7.71. The van der Waals surface area contributed by atoms with Crippen LogP contribution >= 0.6 is 12.2 Å². The summed E-state index contributed by atoms with van der Waals surface area (Å²) in [5.41, 5.74) is 2.23. The van der Waals surface area contributed by atoms with Crippen molar-refractivity contribution in [3.05, 3.63) is 53.0 Å². The monoisotopic (exact) mass is 369 g/mol. The second-order valence-corrected chi connectivity index (χ2v) is 6.35. The molecule has 0 aliphatic rings. The molecule has 0 amide bonds. The first-order valence-electron chi connectivity index (χ1n) is 8.83. The van der Waals surface area contributed by atoms with Crippen molar-refractivity contribution in [2.45, 2.75) is 26.7 Å². The van der Waals surface area contributed by atoms with Gasteiger partial charge in [-0.25, -0.2) is 5.10 Å². The van der Waals surface area contributed by atoms with Gasteiger partial charge in [0.1, 0.15) is 0 Å². The Kier molecular flexibility index (Phi) is 6.01. The summed E-state index contributed by atoms with van der Waals surface area (Å²) in [7, 11) is 0. The quantitative estimate of drug-likeness (QED) is 0.461. The largest absolute Gasteiger partial charge is 0.461 e. The van der Waals surface area contributed by atoms with Crippen LogP contribution in [0.3, 0.4) is 0 Å². The van der Waals surface area contributed by atoms with Crippen LogP contribution in [0.1, 0.15) is 32.3 Å². The molecule has 0 unspecified atom stereocenters. The third-order valence-electron chi connectivity index (χ3n) is 3.96. The van der Waals surface area contributed by atoms with Crippen LogP contribution in [0.4, 0.5) is 5.69 Å². The van der Waals surface area contributed by atoms with Gasteiger partial charge in [0, 0.05) is 18.8 Å². The summed E-state index contributed by atoms with van der Waals surface area (Å²) in [5, 5.41) is 11.4. The van der Waals surface area contributed by atoms with Crippen molar-refractivity contribution in [2.24, 2.45) is 5.10 Å². The van der Waals surface area contributed by atoms with Crippen molar-refractivity contribution in [3.8, 4) is 11.6 Å². The summed E-state index contributed by atoms with van der Waals surface area (Å²) in [6.45, 7) is 6.54. The van der Waals surface area contributed by atoms with E-state index in [-0.39, 0.29) is 0 Å². The summed E-state index contributed by atoms with van der Waals surface area (Å²) in [5.74, 6) is 1.16. The van der Waals surface area contributed by atoms with E-state index in [0.29, 0.717) is 16.4 Å². The average Bonchev–Trinajstić information content (AvgIpc) is 3.30. The summed E-state index contributed by atoms with van der Waals surface area (Å²) in [4.78, 5) is 2.40. The number of hydrogen-bond acceptors (Lipinski definition) is 5. The van der Waals surface area contributed by atoms with Crippen LogP contribution in [0.2, 0.25) is 0 Å². The number of rotatable bonds is 8. The second-order valence-electron chi connectivity index (χ2n) is 5.96. The van der Waals surface area contributed by atoms with Gasteiger partial charge in [-0.2, -0.15) is 9.78 Å². The minimum atomic E-state index is 0.418. The third kappa shape index (κ3) is 4.11. The number of anilines is 1. The fraction of sp³-hybridized carbons (Fsp3) is 0.316. The molecule has 0 radical (unpaired) electrons. The van der Waals surface area contributed by atoms with Crippen LogP contribution in [-0.2, 0) is 0 Å². The molecule has 3 aromatic rings. The van der Waals surface area contributed by atoms with Crippen LogP contribution < -0.4 is 4.90 Å². The van der Waals surface area contributed by atoms with Crippen LogP contribution in [0, 0.1) is 4.77 Å². The highest BCUT2D eigenvalue weighted by Crippen LogP contribution is 2.18. The molecule has 6 nitrogen and oxygen atoms in total. The molecule has 1 N–H and O–H groups in total. The molecular formula is C19H23N5OS. The van der Waals surface area contributed by atoms with E-state index in [0.717, 1.165) is 31.5 Å². The van der Waals surface area contributed by atoms with E-state index in [9.17, 15) is 0 Å². The molecule has 3 rings (SSSR count). The number of hydrogen-bond donors (Lipinski definition) is 1. The lowest BCUT2D eigenvalue weighted by molar-refractivity contribution is 0.573. The topological polar surface area (TPSA) is 62.4 Å². The standard InChI is InChI=1S/C19H23N5OS/c1-3-11-23(12-4-2)16-9-7-15(8-10-16)14-20-24-18(21-22-19(24)26)17-6-5-13-25-17/h5-10,13-14H,3-4,11-12H2,1-2H3,(H,22,26)/b20-14-. The Balaban J connectivity index is 1.80. The fourth-order valence-electron chi connectivity index (χ4n) is 2.77. The Morgan fingerprint density at radius 3 is 2.54 bits per heavy atom. The molecule has 0 saturated heterocycles. The van der Waals surface area contributed by atoms with Crippen molar-refractivity contribution in [1.29, 1.82) is 0 Å². The van der Waals surface area contributed by atoms with E-state index in [4.69, 9.17) is 16.6 Å². The number of aromatic nitrogens is 3. The van der Waals surface area contributed by atoms with Crippen molar-refractivity contribution < 1.29 is 4.42 Å². The molecule has 0 saturated carbocycles. The predicted octanol–water partition coefficient (Wildman–Crippen LogP) is 4.71. The lowest BCUT2D eigenvalue weighted by atomic mass is 10.2. The zero-order valence-corrected chi connectivity index (χ0v) is 15.9. The summed E-state index contributed by atoms with van der Waals surface area (Å²) >= 11 is 5.26. The number of furan rings is 1. The van der Waals surface area contributed by atoms with Gasteiger partial charge in [0.2, 0.25) is 10.6 Å². The molecule has 0 aliphatic heterocycles. The Labute approximate surface area is 158 Å². The van der Waals surface area contributed by atoms with Crippen LogP contribution in [-0.4, -0.2) is 34.2 Å². The summed E-state index contributed by atoms with van der Waals surface area (Å²) in [6, 6.07) is 12.0. The number of nitrogens with one attached hydrogen (secondary N) is 1. The number of benzene rings is 1. The zero-order valence-electron chi connectivity index (χ0n) is 15.1. The molecule has 0 bridgehead atoms. The van der Waals surface area contributed by atoms with Gasteiger partial charge in [0.05, 0.1) is 12.5 Å². The maximum Gasteiger partial charge on any atom is 0.219 e. The molecular weight excluding hydrogens is 346 g/mol. The van der Waals surface area contributed by atoms with E-state index in [1.165, 1.54) is 5.69 Å². The number of nitrogens with zero attached hydrogens (tertiary/aromatic N) is 4. The van der Waals surface area contributed by atoms with Gasteiger partial charge in [-0.15, -0.1) is 5.10 Å². The lowest BCUT2D eigenvalue weighted by Crippen LogP contribution is -2.24. The minimum Gasteiger partial charge on any atom is -0.461 e. The molecule has 0 spiro atoms. The number of H-pyrrole nitrogens is 1. The maximum absolute atomic E-state index is 5.38. The van der Waals surface area contributed by atoms with E-state index in [2.05, 4.69) is 58.3 Å². The van der Waals surface area contributed by atoms with Crippen molar-refractivity contribution in [2.75, 3.05) is 18.0 Å². The second kappa shape index (κ2) is 8.62. The molecule has 136 valence electrons. The normalized spacial score (nSPS) is 11.3. The molecule has 26 heavy (non-hydrogen) atoms. The Hall–Kier alpha value is -2.67. The fourth-order valence-corrected chi connectivity index (χ4v) is 2.95. The molecule has 2 aromatic heterocycles. The van der Waals surface area contributed by atoms with E-state index < -0.39 is 0 Å². The van der Waals surface area contributed by atoms with Gasteiger partial charge < -0.3 is 9.32 Å². The van der Waals surface area contributed by atoms with E-state index >= 15 is 0 Å². The molecule has 7 heteroatoms. The predicted molar refractivity (Wildman–Crippen MR) is 107 cm³/mol. The van der Waals surface area contributed by atoms with Crippen molar-refractivity contribution in [3.63, 3.8) is 0 Å². The number of aromatic amines is 1. The minimum absolute atomic E-state index is 0.418. The Bertz CT molecular complexity index is 887.